The number of amides is 2. The van der Waals surface area contributed by atoms with Crippen LogP contribution in [0, 0.1) is 0 Å². The van der Waals surface area contributed by atoms with Crippen LogP contribution in [0.5, 0.6) is 11.5 Å². The van der Waals surface area contributed by atoms with Crippen molar-refractivity contribution in [3.8, 4) is 11.5 Å². The summed E-state index contributed by atoms with van der Waals surface area (Å²) in [5.41, 5.74) is -0.600. The molecular weight excluding hydrogens is 316 g/mol. The third-order valence-corrected chi connectivity index (χ3v) is 4.43. The fourth-order valence-electron chi connectivity index (χ4n) is 1.99. The first-order valence-corrected chi connectivity index (χ1v) is 7.87. The molecule has 1 heterocycles. The minimum Gasteiger partial charge on any atom is -0.497 e. The summed E-state index contributed by atoms with van der Waals surface area (Å²) in [7, 11) is 3.07. The highest BCUT2D eigenvalue weighted by molar-refractivity contribution is 7.10. The van der Waals surface area contributed by atoms with Crippen LogP contribution in [0.15, 0.2) is 35.7 Å². The van der Waals surface area contributed by atoms with Crippen molar-refractivity contribution in [2.75, 3.05) is 26.1 Å². The van der Waals surface area contributed by atoms with Gasteiger partial charge in [-0.2, -0.15) is 0 Å². The van der Waals surface area contributed by atoms with Gasteiger partial charge in [0.25, 0.3) is 0 Å². The summed E-state index contributed by atoms with van der Waals surface area (Å²) in [6, 6.07) is 8.35. The predicted molar refractivity (Wildman–Crippen MR) is 90.5 cm³/mol. The van der Waals surface area contributed by atoms with Gasteiger partial charge in [-0.25, -0.2) is 4.79 Å². The number of rotatable bonds is 6. The summed E-state index contributed by atoms with van der Waals surface area (Å²) >= 11 is 1.44. The summed E-state index contributed by atoms with van der Waals surface area (Å²) in [5.74, 6) is 1.12. The average Bonchev–Trinajstić information content (AvgIpc) is 3.09. The van der Waals surface area contributed by atoms with Gasteiger partial charge in [0.1, 0.15) is 17.1 Å². The Balaban J connectivity index is 1.97. The Kier molecular flexibility index (Phi) is 5.46. The first-order valence-electron chi connectivity index (χ1n) is 6.99. The third-order valence-electron chi connectivity index (χ3n) is 3.30. The topological polar surface area (TPSA) is 79.8 Å². The summed E-state index contributed by atoms with van der Waals surface area (Å²) in [5, 5.41) is 17.6. The van der Waals surface area contributed by atoms with E-state index in [2.05, 4.69) is 10.6 Å². The van der Waals surface area contributed by atoms with E-state index in [1.165, 1.54) is 18.4 Å². The summed E-state index contributed by atoms with van der Waals surface area (Å²) < 4.78 is 10.3. The maximum atomic E-state index is 12.0. The number of hydrogen-bond acceptors (Lipinski definition) is 5. The molecule has 0 bridgehead atoms. The maximum absolute atomic E-state index is 12.0. The van der Waals surface area contributed by atoms with Crippen LogP contribution in [-0.4, -0.2) is 31.9 Å². The second-order valence-corrected chi connectivity index (χ2v) is 6.07. The van der Waals surface area contributed by atoms with Crippen LogP contribution in [0.4, 0.5) is 10.5 Å². The molecule has 2 aromatic rings. The Labute approximate surface area is 139 Å². The minimum absolute atomic E-state index is 0.0951. The fraction of sp³-hybridized carbons (Fsp3) is 0.312. The Morgan fingerprint density at radius 3 is 2.70 bits per heavy atom. The maximum Gasteiger partial charge on any atom is 0.319 e. The lowest BCUT2D eigenvalue weighted by molar-refractivity contribution is 0.0637. The zero-order valence-electron chi connectivity index (χ0n) is 13.3. The molecule has 2 rings (SSSR count). The SMILES string of the molecule is COc1ccc(NC(=O)NC[C@](C)(O)c2cccs2)c(OC)c1. The minimum atomic E-state index is -1.12. The highest BCUT2D eigenvalue weighted by Crippen LogP contribution is 2.29. The zero-order valence-corrected chi connectivity index (χ0v) is 14.1. The Hall–Kier alpha value is -2.25. The van der Waals surface area contributed by atoms with Crippen molar-refractivity contribution in [2.45, 2.75) is 12.5 Å². The Bertz CT molecular complexity index is 656. The number of carbonyl (C=O) groups is 1. The summed E-state index contributed by atoms with van der Waals surface area (Å²) in [4.78, 5) is 12.8. The van der Waals surface area contributed by atoms with Gasteiger partial charge in [0.15, 0.2) is 0 Å². The van der Waals surface area contributed by atoms with Gasteiger partial charge in [0.05, 0.1) is 26.5 Å². The number of methoxy groups -OCH3 is 2. The van der Waals surface area contributed by atoms with Crippen molar-refractivity contribution in [1.82, 2.24) is 5.32 Å². The molecule has 0 aliphatic heterocycles. The summed E-state index contributed by atoms with van der Waals surface area (Å²) in [6.07, 6.45) is 0. The molecule has 23 heavy (non-hydrogen) atoms. The van der Waals surface area contributed by atoms with E-state index in [4.69, 9.17) is 9.47 Å². The number of anilines is 1. The van der Waals surface area contributed by atoms with Gasteiger partial charge < -0.3 is 25.2 Å². The van der Waals surface area contributed by atoms with Crippen molar-refractivity contribution >= 4 is 23.1 Å². The lowest BCUT2D eigenvalue weighted by atomic mass is 10.1. The van der Waals surface area contributed by atoms with E-state index in [0.29, 0.717) is 17.2 Å². The van der Waals surface area contributed by atoms with E-state index < -0.39 is 11.6 Å². The normalized spacial score (nSPS) is 13.0. The van der Waals surface area contributed by atoms with Gasteiger partial charge >= 0.3 is 6.03 Å². The van der Waals surface area contributed by atoms with Crippen LogP contribution in [0.3, 0.4) is 0 Å². The third kappa shape index (κ3) is 4.37. The van der Waals surface area contributed by atoms with Gasteiger partial charge in [0, 0.05) is 10.9 Å². The average molecular weight is 336 g/mol. The van der Waals surface area contributed by atoms with E-state index in [0.717, 1.165) is 4.88 Å². The molecule has 6 nitrogen and oxygen atoms in total. The van der Waals surface area contributed by atoms with E-state index in [-0.39, 0.29) is 6.54 Å². The van der Waals surface area contributed by atoms with E-state index in [9.17, 15) is 9.90 Å². The molecule has 0 saturated carbocycles. The molecule has 1 aromatic heterocycles. The van der Waals surface area contributed by atoms with E-state index in [1.807, 2.05) is 17.5 Å². The molecule has 7 heteroatoms. The van der Waals surface area contributed by atoms with Crippen molar-refractivity contribution < 1.29 is 19.4 Å². The van der Waals surface area contributed by atoms with E-state index in [1.54, 1.807) is 32.2 Å². The first-order chi connectivity index (χ1) is 11.0. The fourth-order valence-corrected chi connectivity index (χ4v) is 2.78. The number of benzene rings is 1. The molecule has 0 fully saturated rings. The van der Waals surface area contributed by atoms with Crippen LogP contribution in [-0.2, 0) is 5.60 Å². The number of nitrogens with one attached hydrogen (secondary N) is 2. The standard InChI is InChI=1S/C16H20N2O4S/c1-16(20,14-5-4-8-23-14)10-17-15(19)18-12-7-6-11(21-2)9-13(12)22-3/h4-9,20H,10H2,1-3H3,(H2,17,18,19)/t16-/m0/s1. The van der Waals surface area contributed by atoms with Gasteiger partial charge in [-0.3, -0.25) is 0 Å². The molecule has 3 N–H and O–H groups in total. The largest absolute Gasteiger partial charge is 0.497 e. The number of thiophene rings is 1. The molecule has 0 saturated heterocycles. The van der Waals surface area contributed by atoms with Crippen LogP contribution < -0.4 is 20.1 Å². The van der Waals surface area contributed by atoms with Gasteiger partial charge in [-0.15, -0.1) is 11.3 Å². The first kappa shape index (κ1) is 17.1. The molecule has 0 aliphatic rings. The highest BCUT2D eigenvalue weighted by Gasteiger charge is 2.25. The summed E-state index contributed by atoms with van der Waals surface area (Å²) in [6.45, 7) is 1.75. The van der Waals surface area contributed by atoms with Crippen LogP contribution in [0.1, 0.15) is 11.8 Å². The number of aliphatic hydroxyl groups is 1. The monoisotopic (exact) mass is 336 g/mol. The molecule has 124 valence electrons. The van der Waals surface area contributed by atoms with E-state index >= 15 is 0 Å². The molecule has 2 amide bonds. The molecule has 0 spiro atoms. The highest BCUT2D eigenvalue weighted by atomic mass is 32.1. The Morgan fingerprint density at radius 2 is 2.09 bits per heavy atom. The second-order valence-electron chi connectivity index (χ2n) is 5.13. The predicted octanol–water partition coefficient (Wildman–Crippen LogP) is 2.79. The van der Waals surface area contributed by atoms with Crippen molar-refractivity contribution in [3.63, 3.8) is 0 Å². The number of hydrogen-bond donors (Lipinski definition) is 3. The zero-order chi connectivity index (χ0) is 16.9. The smallest absolute Gasteiger partial charge is 0.319 e. The van der Waals surface area contributed by atoms with Crippen LogP contribution in [0.2, 0.25) is 0 Å². The molecule has 1 atom stereocenters. The Morgan fingerprint density at radius 1 is 1.30 bits per heavy atom. The van der Waals surface area contributed by atoms with Crippen LogP contribution >= 0.6 is 11.3 Å². The van der Waals surface area contributed by atoms with Crippen molar-refractivity contribution in [2.24, 2.45) is 0 Å². The number of carbonyl (C=O) groups excluding carboxylic acids is 1. The van der Waals surface area contributed by atoms with Gasteiger partial charge in [0.2, 0.25) is 0 Å². The van der Waals surface area contributed by atoms with Crippen molar-refractivity contribution in [3.05, 3.63) is 40.6 Å². The number of ether oxygens (including phenoxy) is 2. The second kappa shape index (κ2) is 7.34. The lowest BCUT2D eigenvalue weighted by Crippen LogP contribution is -2.40. The molecular formula is C16H20N2O4S. The number of urea groups is 1. The lowest BCUT2D eigenvalue weighted by Gasteiger charge is -2.22. The van der Waals surface area contributed by atoms with Crippen molar-refractivity contribution in [1.29, 1.82) is 0 Å². The van der Waals surface area contributed by atoms with Gasteiger partial charge in [-0.05, 0) is 30.5 Å². The quantitative estimate of drug-likeness (QED) is 0.758. The van der Waals surface area contributed by atoms with Gasteiger partial charge in [-0.1, -0.05) is 6.07 Å². The molecule has 1 aromatic carbocycles. The molecule has 0 radical (unpaired) electrons. The molecule has 0 unspecified atom stereocenters. The molecule has 0 aliphatic carbocycles. The van der Waals surface area contributed by atoms with Crippen LogP contribution in [0.25, 0.3) is 0 Å².